The van der Waals surface area contributed by atoms with E-state index >= 15 is 0 Å². The first-order valence-corrected chi connectivity index (χ1v) is 9.32. The molecule has 1 aromatic rings. The minimum Gasteiger partial charge on any atom is -0.361 e. The van der Waals surface area contributed by atoms with Crippen LogP contribution < -0.4 is 5.32 Å². The number of hydrogen-bond acceptors (Lipinski definition) is 4. The van der Waals surface area contributed by atoms with Crippen LogP contribution in [0, 0.1) is 0 Å². The third kappa shape index (κ3) is 5.91. The van der Waals surface area contributed by atoms with Crippen molar-refractivity contribution in [3.05, 3.63) is 42.6 Å². The summed E-state index contributed by atoms with van der Waals surface area (Å²) in [6.45, 7) is 1.54. The van der Waals surface area contributed by atoms with Crippen LogP contribution in [0.4, 0.5) is 5.69 Å². The van der Waals surface area contributed by atoms with E-state index in [9.17, 15) is 8.42 Å². The molecule has 0 unspecified atom stereocenters. The van der Waals surface area contributed by atoms with Crippen LogP contribution in [0.3, 0.4) is 0 Å². The summed E-state index contributed by atoms with van der Waals surface area (Å²) in [6.07, 6.45) is 4.32. The fourth-order valence-corrected chi connectivity index (χ4v) is 3.56. The summed E-state index contributed by atoms with van der Waals surface area (Å²) in [5.41, 5.74) is 1.02. The Hall–Kier alpha value is -1.31. The third-order valence-corrected chi connectivity index (χ3v) is 4.88. The molecule has 2 rings (SSSR count). The smallest absolute Gasteiger partial charge is 0.265 e. The Morgan fingerprint density at radius 3 is 2.81 bits per heavy atom. The molecule has 0 aromatic heterocycles. The second kappa shape index (κ2) is 7.63. The maximum absolute atomic E-state index is 10.7. The third-order valence-electron chi connectivity index (χ3n) is 3.00. The standard InChI is InChI=1S/C14H18N2O3S2/c17-21(18,19)12-4-9-16-10-11-20-14(16)7-8-15-13-5-2-1-3-6-13/h1-3,5-8H,4,9-12H2,(H,17,18,19)/p+1. The van der Waals surface area contributed by atoms with Gasteiger partial charge in [-0.15, -0.1) is 0 Å². The van der Waals surface area contributed by atoms with Gasteiger partial charge >= 0.3 is 0 Å². The number of nitrogens with one attached hydrogen (secondary N) is 1. The average Bonchev–Trinajstić information content (AvgIpc) is 2.86. The van der Waals surface area contributed by atoms with E-state index < -0.39 is 10.1 Å². The highest BCUT2D eigenvalue weighted by Crippen LogP contribution is 2.14. The lowest BCUT2D eigenvalue weighted by Crippen LogP contribution is -2.18. The minimum atomic E-state index is -3.86. The van der Waals surface area contributed by atoms with E-state index in [2.05, 4.69) is 9.89 Å². The molecule has 0 bridgehead atoms. The first-order valence-electron chi connectivity index (χ1n) is 6.72. The summed E-state index contributed by atoms with van der Waals surface area (Å²) in [4.78, 5) is 0. The predicted octanol–water partition coefficient (Wildman–Crippen LogP) is 2.05. The quantitative estimate of drug-likeness (QED) is 0.592. The number of rotatable bonds is 7. The summed E-state index contributed by atoms with van der Waals surface area (Å²) < 4.78 is 32.3. The Labute approximate surface area is 129 Å². The first-order chi connectivity index (χ1) is 10.0. The van der Waals surface area contributed by atoms with E-state index in [0.717, 1.165) is 23.0 Å². The topological polar surface area (TPSA) is 69.4 Å². The van der Waals surface area contributed by atoms with E-state index in [0.29, 0.717) is 13.0 Å². The highest BCUT2D eigenvalue weighted by Gasteiger charge is 2.21. The number of para-hydroxylation sites is 1. The molecule has 0 saturated heterocycles. The monoisotopic (exact) mass is 327 g/mol. The largest absolute Gasteiger partial charge is 0.361 e. The molecule has 114 valence electrons. The average molecular weight is 327 g/mol. The highest BCUT2D eigenvalue weighted by atomic mass is 32.2. The Balaban J connectivity index is 1.89. The lowest BCUT2D eigenvalue weighted by Gasteiger charge is -2.00. The van der Waals surface area contributed by atoms with Gasteiger partial charge in [0.15, 0.2) is 6.54 Å². The molecule has 0 atom stereocenters. The van der Waals surface area contributed by atoms with Crippen molar-refractivity contribution in [1.29, 1.82) is 0 Å². The second-order valence-corrected chi connectivity index (χ2v) is 7.34. The fourth-order valence-electron chi connectivity index (χ4n) is 2.02. The molecule has 1 aliphatic heterocycles. The zero-order valence-electron chi connectivity index (χ0n) is 11.6. The molecule has 1 heterocycles. The first kappa shape index (κ1) is 16.1. The number of hydrogen-bond donors (Lipinski definition) is 2. The normalized spacial score (nSPS) is 15.9. The van der Waals surface area contributed by atoms with Gasteiger partial charge in [0.05, 0.1) is 11.5 Å². The van der Waals surface area contributed by atoms with Gasteiger partial charge in [0.1, 0.15) is 6.54 Å². The minimum absolute atomic E-state index is 0.187. The van der Waals surface area contributed by atoms with Crippen LogP contribution in [0.15, 0.2) is 42.6 Å². The van der Waals surface area contributed by atoms with E-state index in [1.165, 1.54) is 0 Å². The van der Waals surface area contributed by atoms with Crippen molar-refractivity contribution >= 4 is 32.6 Å². The zero-order chi connectivity index (χ0) is 15.1. The summed E-state index contributed by atoms with van der Waals surface area (Å²) in [7, 11) is -3.86. The molecule has 1 aromatic carbocycles. The van der Waals surface area contributed by atoms with Gasteiger partial charge in [-0.25, -0.2) is 4.58 Å². The van der Waals surface area contributed by atoms with Crippen molar-refractivity contribution in [1.82, 2.24) is 0 Å². The van der Waals surface area contributed by atoms with Crippen LogP contribution >= 0.6 is 11.8 Å². The van der Waals surface area contributed by atoms with Crippen LogP contribution in [0.5, 0.6) is 0 Å². The maximum Gasteiger partial charge on any atom is 0.265 e. The molecule has 21 heavy (non-hydrogen) atoms. The molecular weight excluding hydrogens is 308 g/mol. The fraction of sp³-hybridized carbons (Fsp3) is 0.357. The van der Waals surface area contributed by atoms with Crippen molar-refractivity contribution in [3.63, 3.8) is 0 Å². The van der Waals surface area contributed by atoms with E-state index in [1.54, 1.807) is 11.8 Å². The molecule has 5 nitrogen and oxygen atoms in total. The van der Waals surface area contributed by atoms with Crippen molar-refractivity contribution in [2.24, 2.45) is 0 Å². The molecule has 0 saturated carbocycles. The predicted molar refractivity (Wildman–Crippen MR) is 87.7 cm³/mol. The molecule has 0 amide bonds. The summed E-state index contributed by atoms with van der Waals surface area (Å²) in [5.74, 6) is 0.810. The van der Waals surface area contributed by atoms with E-state index in [4.69, 9.17) is 4.55 Å². The summed E-state index contributed by atoms with van der Waals surface area (Å²) in [5, 5.41) is 4.31. The van der Waals surface area contributed by atoms with Gasteiger partial charge in [-0.3, -0.25) is 4.55 Å². The Morgan fingerprint density at radius 2 is 2.10 bits per heavy atom. The Bertz CT molecular complexity index is 625. The number of thioether (sulfide) groups is 1. The molecule has 0 fully saturated rings. The Morgan fingerprint density at radius 1 is 1.33 bits per heavy atom. The van der Waals surface area contributed by atoms with E-state index in [1.807, 2.05) is 42.6 Å². The highest BCUT2D eigenvalue weighted by molar-refractivity contribution is 8.14. The van der Waals surface area contributed by atoms with Crippen LogP contribution in [0.2, 0.25) is 0 Å². The van der Waals surface area contributed by atoms with Gasteiger partial charge in [0.2, 0.25) is 5.04 Å². The van der Waals surface area contributed by atoms with Gasteiger partial charge < -0.3 is 5.32 Å². The van der Waals surface area contributed by atoms with Gasteiger partial charge in [-0.1, -0.05) is 30.0 Å². The van der Waals surface area contributed by atoms with Crippen LogP contribution in [-0.4, -0.2) is 47.2 Å². The number of nitrogens with zero attached hydrogens (tertiary/aromatic N) is 1. The molecule has 2 N–H and O–H groups in total. The maximum atomic E-state index is 10.7. The van der Waals surface area contributed by atoms with Crippen molar-refractivity contribution in [2.45, 2.75) is 6.42 Å². The molecule has 0 aliphatic carbocycles. The lowest BCUT2D eigenvalue weighted by molar-refractivity contribution is -0.516. The molecule has 0 radical (unpaired) electrons. The van der Waals surface area contributed by atoms with Crippen LogP contribution in [-0.2, 0) is 10.1 Å². The van der Waals surface area contributed by atoms with Gasteiger partial charge in [-0.2, -0.15) is 8.42 Å². The van der Waals surface area contributed by atoms with Gasteiger partial charge in [0.25, 0.3) is 10.1 Å². The zero-order valence-corrected chi connectivity index (χ0v) is 13.2. The number of anilines is 1. The van der Waals surface area contributed by atoms with Crippen LogP contribution in [0.1, 0.15) is 6.42 Å². The summed E-state index contributed by atoms with van der Waals surface area (Å²) in [6, 6.07) is 9.87. The van der Waals surface area contributed by atoms with Gasteiger partial charge in [0, 0.05) is 24.4 Å². The Kier molecular flexibility index (Phi) is 5.84. The number of benzene rings is 1. The van der Waals surface area contributed by atoms with Crippen molar-refractivity contribution in [2.75, 3.05) is 29.9 Å². The van der Waals surface area contributed by atoms with Crippen molar-refractivity contribution in [3.8, 4) is 0 Å². The molecular formula is C14H19N2O3S2+. The second-order valence-electron chi connectivity index (χ2n) is 4.66. The van der Waals surface area contributed by atoms with Gasteiger partial charge in [-0.05, 0) is 12.1 Å². The molecule has 1 aliphatic rings. The van der Waals surface area contributed by atoms with Crippen LogP contribution in [0.25, 0.3) is 0 Å². The SMILES string of the molecule is O=S(=O)(O)CCC[N+]1=C(C=CNc2ccccc2)SCC1. The lowest BCUT2D eigenvalue weighted by atomic mass is 10.3. The van der Waals surface area contributed by atoms with E-state index in [-0.39, 0.29) is 5.75 Å². The molecule has 0 spiro atoms. The molecule has 7 heteroatoms. The summed E-state index contributed by atoms with van der Waals surface area (Å²) >= 11 is 1.75. The van der Waals surface area contributed by atoms with Crippen molar-refractivity contribution < 1.29 is 17.5 Å².